The van der Waals surface area contributed by atoms with Gasteiger partial charge in [-0.05, 0) is 31.8 Å². The number of ether oxygens (including phenoxy) is 5. The van der Waals surface area contributed by atoms with Crippen LogP contribution in [0.1, 0.15) is 58.1 Å². The molecule has 4 aliphatic rings. The van der Waals surface area contributed by atoms with Gasteiger partial charge in [-0.1, -0.05) is 18.2 Å². The highest BCUT2D eigenvalue weighted by Crippen LogP contribution is 2.40. The second-order valence-electron chi connectivity index (χ2n) is 18.3. The molecule has 1 unspecified atom stereocenters. The minimum Gasteiger partial charge on any atom is -0.372 e. The van der Waals surface area contributed by atoms with Crippen LogP contribution in [-0.4, -0.2) is 242 Å². The van der Waals surface area contributed by atoms with Crippen LogP contribution in [-0.2, 0) is 164 Å². The Morgan fingerprint density at radius 3 is 1.59 bits per heavy atom. The minimum absolute atomic E-state index is 0.228. The van der Waals surface area contributed by atoms with Gasteiger partial charge in [-0.25, -0.2) is 33.5 Å². The lowest BCUT2D eigenvalue weighted by Gasteiger charge is -2.48. The van der Waals surface area contributed by atoms with Gasteiger partial charge in [0.1, 0.15) is 48.4 Å². The van der Waals surface area contributed by atoms with Crippen LogP contribution >= 0.6 is 0 Å². The van der Waals surface area contributed by atoms with Crippen LogP contribution in [0.3, 0.4) is 0 Å². The number of aromatic nitrogens is 3. The molecular formula is C32H54N4O40S9. The molecule has 15 atom stereocenters. The van der Waals surface area contributed by atoms with Gasteiger partial charge in [0.2, 0.25) is 0 Å². The Labute approximate surface area is 484 Å². The summed E-state index contributed by atoms with van der Waals surface area (Å²) >= 11 is 0. The van der Waals surface area contributed by atoms with Crippen LogP contribution in [0.2, 0.25) is 0 Å². The molecule has 0 bridgehead atoms. The molecule has 0 spiro atoms. The molecule has 1 aromatic rings. The van der Waals surface area contributed by atoms with Crippen molar-refractivity contribution in [3.8, 4) is 0 Å². The number of nitrogens with zero attached hydrogens (tertiary/aromatic N) is 4. The van der Waals surface area contributed by atoms with Gasteiger partial charge in [0, 0.05) is 37.8 Å². The van der Waals surface area contributed by atoms with Crippen LogP contribution in [0.5, 0.6) is 0 Å². The third kappa shape index (κ3) is 25.0. The molecule has 0 radical (unpaired) electrons. The zero-order chi connectivity index (χ0) is 64.3. The van der Waals surface area contributed by atoms with Crippen molar-refractivity contribution in [1.82, 2.24) is 19.3 Å². The zero-order valence-corrected chi connectivity index (χ0v) is 50.1. The third-order valence-corrected chi connectivity index (χ3v) is 16.8. The highest BCUT2D eigenvalue weighted by molar-refractivity contribution is 7.83. The third-order valence-electron chi connectivity index (χ3n) is 12.0. The SMILES string of the molecule is CCCn1cc(CO[C@@H]2C[C@H](COS(=O)(=O)O)[C@@H](O[C@@H]3C[C@@H](OS(=O)(=O)O)[C@H](O[C@@H]4C[C@@H](OS(=O)(=O)O)[C@H](N([C@H]5C=C(COS(=O)(=O)O)C(OS(=O)(=O)O)[C@H](OS(=O)(=O)O)C5)S(=O)(=O)O)[C@@H](C)O4)[C@@H](COS(=O)(=O)O)O3)[C@H](OS(=O)(=O)O)C2)nn1. The van der Waals surface area contributed by atoms with E-state index in [-0.39, 0.29) is 16.6 Å². The fraction of sp³-hybridized carbons (Fsp3) is 0.875. The second kappa shape index (κ2) is 28.4. The lowest BCUT2D eigenvalue weighted by Crippen LogP contribution is -2.63. The Bertz CT molecular complexity index is 3570. The second-order valence-corrected chi connectivity index (χ2v) is 28.2. The zero-order valence-electron chi connectivity index (χ0n) is 42.7. The summed E-state index contributed by atoms with van der Waals surface area (Å²) in [6.07, 6.45) is -29.3. The molecule has 85 heavy (non-hydrogen) atoms. The van der Waals surface area contributed by atoms with Crippen molar-refractivity contribution in [2.24, 2.45) is 5.92 Å². The van der Waals surface area contributed by atoms with Crippen molar-refractivity contribution in [3.63, 3.8) is 0 Å². The normalized spacial score (nSPS) is 31.0. The van der Waals surface area contributed by atoms with Gasteiger partial charge >= 0.3 is 93.5 Å². The van der Waals surface area contributed by atoms with E-state index in [0.29, 0.717) is 19.0 Å². The molecule has 2 aliphatic carbocycles. The minimum atomic E-state index is -6.08. The van der Waals surface area contributed by atoms with E-state index in [1.165, 1.54) is 10.9 Å². The number of rotatable bonds is 31. The van der Waals surface area contributed by atoms with Crippen LogP contribution in [0, 0.1) is 5.92 Å². The fourth-order valence-corrected chi connectivity index (χ4v) is 13.9. The Balaban J connectivity index is 1.55. The summed E-state index contributed by atoms with van der Waals surface area (Å²) in [6, 6.07) is -4.89. The fourth-order valence-electron chi connectivity index (χ4n) is 9.40. The number of aryl methyl sites for hydroxylation is 1. The Morgan fingerprint density at radius 1 is 0.565 bits per heavy atom. The maximum absolute atomic E-state index is 13.4. The molecule has 53 heteroatoms. The summed E-state index contributed by atoms with van der Waals surface area (Å²) in [6.45, 7) is -1.64. The first-order valence-corrected chi connectivity index (χ1v) is 35.6. The molecule has 496 valence electrons. The Morgan fingerprint density at radius 2 is 1.06 bits per heavy atom. The predicted molar refractivity (Wildman–Crippen MR) is 262 cm³/mol. The summed E-state index contributed by atoms with van der Waals surface area (Å²) in [5.74, 6) is -1.56. The first-order chi connectivity index (χ1) is 38.5. The Kier molecular flexibility index (Phi) is 24.4. The molecule has 1 saturated carbocycles. The number of hydrogen-bond acceptors (Lipinski definition) is 33. The molecular weight excluding hydrogens is 1370 g/mol. The van der Waals surface area contributed by atoms with Crippen molar-refractivity contribution in [2.75, 3.05) is 19.8 Å². The van der Waals surface area contributed by atoms with E-state index in [1.807, 2.05) is 6.92 Å². The van der Waals surface area contributed by atoms with Crippen LogP contribution < -0.4 is 0 Å². The van der Waals surface area contributed by atoms with E-state index >= 15 is 0 Å². The Hall–Kier alpha value is -2.49. The van der Waals surface area contributed by atoms with Gasteiger partial charge in [-0.3, -0.25) is 45.7 Å². The van der Waals surface area contributed by atoms with E-state index in [1.54, 1.807) is 0 Å². The highest BCUT2D eigenvalue weighted by atomic mass is 32.3. The first kappa shape index (κ1) is 73.2. The quantitative estimate of drug-likeness (QED) is 0.0250. The topological polar surface area (TPSA) is 643 Å². The van der Waals surface area contributed by atoms with E-state index in [4.69, 9.17) is 36.2 Å². The molecule has 3 fully saturated rings. The molecule has 9 N–H and O–H groups in total. The van der Waals surface area contributed by atoms with E-state index < -0.39 is 243 Å². The molecule has 2 saturated heterocycles. The van der Waals surface area contributed by atoms with Crippen molar-refractivity contribution < 1.29 is 174 Å². The van der Waals surface area contributed by atoms with Gasteiger partial charge in [0.15, 0.2) is 12.6 Å². The first-order valence-electron chi connectivity index (χ1n) is 23.3. The molecule has 5 rings (SSSR count). The smallest absolute Gasteiger partial charge is 0.372 e. The van der Waals surface area contributed by atoms with Crippen molar-refractivity contribution >= 4 is 93.5 Å². The van der Waals surface area contributed by atoms with Gasteiger partial charge in [0.05, 0.1) is 57.0 Å². The van der Waals surface area contributed by atoms with Crippen LogP contribution in [0.25, 0.3) is 0 Å². The van der Waals surface area contributed by atoms with Gasteiger partial charge in [-0.15, -0.1) is 5.10 Å². The lowest BCUT2D eigenvalue weighted by atomic mass is 9.82. The van der Waals surface area contributed by atoms with Crippen molar-refractivity contribution in [2.45, 2.75) is 151 Å². The summed E-state index contributed by atoms with van der Waals surface area (Å²) in [5, 5.41) is 7.82. The maximum atomic E-state index is 13.4. The van der Waals surface area contributed by atoms with Crippen molar-refractivity contribution in [1.29, 1.82) is 0 Å². The van der Waals surface area contributed by atoms with Crippen LogP contribution in [0.4, 0.5) is 0 Å². The van der Waals surface area contributed by atoms with Crippen molar-refractivity contribution in [3.05, 3.63) is 23.5 Å². The summed E-state index contributed by atoms with van der Waals surface area (Å²) in [4.78, 5) is 0. The van der Waals surface area contributed by atoms with Crippen LogP contribution in [0.15, 0.2) is 17.8 Å². The number of hydrogen-bond donors (Lipinski definition) is 9. The molecule has 44 nitrogen and oxygen atoms in total. The van der Waals surface area contributed by atoms with Gasteiger partial charge in [-0.2, -0.15) is 80.1 Å². The summed E-state index contributed by atoms with van der Waals surface area (Å²) < 4.78 is 374. The summed E-state index contributed by atoms with van der Waals surface area (Å²) in [5.41, 5.74) is -0.897. The molecule has 0 aromatic carbocycles. The van der Waals surface area contributed by atoms with E-state index in [0.717, 1.165) is 6.92 Å². The van der Waals surface area contributed by atoms with Gasteiger partial charge < -0.3 is 23.7 Å². The average Bonchev–Trinajstić information content (AvgIpc) is 1.53. The van der Waals surface area contributed by atoms with E-state index in [2.05, 4.69) is 31.2 Å². The summed E-state index contributed by atoms with van der Waals surface area (Å²) in [7, 11) is -51.5. The molecule has 1 aromatic heterocycles. The molecule has 0 amide bonds. The predicted octanol–water partition coefficient (Wildman–Crippen LogP) is -4.43. The standard InChI is InChI=1S/C32H54N4O40S9/c1-3-4-35-11-19(33-34-35)14-64-21-6-18(13-66-79(43,44)45)30(24(8-21)74-83(55,56)57)70-28-10-25(75-84(58,59)60)32(26(69-28)15-67-80(46,47)48)71-27-9-22(72-81(49,50)51)29(16(2)68-27)36(77(37,38)39)20-5-17(12-65-78(40,41)42)31(76-85(61,62)63)23(7-20)73-82(52,53)54/h5,11,16,18,20-32H,3-4,6-10,12-15H2,1-2H3,(H,37,38,39)(H,40,41,42)(H,43,44,45)(H,46,47,48)(H,49,50,51)(H,52,53,54)(H,55,56,57)(H,58,59,60)(H,61,62,63)/t16-,18-,20+,21-,22-,23-,24-,25-,26-,27-,28-,29-,30-,31?,32+/m1/s1. The monoisotopic (exact) mass is 1420 g/mol. The highest BCUT2D eigenvalue weighted by Gasteiger charge is 2.54. The average molecular weight is 1420 g/mol. The lowest BCUT2D eigenvalue weighted by molar-refractivity contribution is -0.321. The van der Waals surface area contributed by atoms with Gasteiger partial charge in [0.25, 0.3) is 0 Å². The maximum Gasteiger partial charge on any atom is 0.398 e. The molecule has 3 heterocycles. The largest absolute Gasteiger partial charge is 0.398 e. The van der Waals surface area contributed by atoms with E-state index in [9.17, 15) is 117 Å². The molecule has 2 aliphatic heterocycles.